The fourth-order valence-electron chi connectivity index (χ4n) is 5.64. The maximum atomic E-state index is 11.3. The second kappa shape index (κ2) is 8.95. The van der Waals surface area contributed by atoms with Gasteiger partial charge in [0.05, 0.1) is 14.0 Å². The number of hydrogen-bond acceptors (Lipinski definition) is 3. The first-order valence-electron chi connectivity index (χ1n) is 10.7. The Labute approximate surface area is 174 Å². The molecule has 0 aromatic heterocycles. The van der Waals surface area contributed by atoms with E-state index in [4.69, 9.17) is 13.6 Å². The topological polar surface area (TPSA) is 78.6 Å². The third-order valence-electron chi connectivity index (χ3n) is 6.32. The van der Waals surface area contributed by atoms with E-state index in [0.29, 0.717) is 12.5 Å². The van der Waals surface area contributed by atoms with Crippen molar-refractivity contribution < 1.29 is 9.90 Å². The van der Waals surface area contributed by atoms with Crippen molar-refractivity contribution in [2.24, 2.45) is 22.5 Å². The number of piperidine rings is 1. The Hall–Kier alpha value is -0.745. The van der Waals surface area contributed by atoms with E-state index in [1.165, 1.54) is 0 Å². The highest BCUT2D eigenvalue weighted by Crippen LogP contribution is 2.47. The van der Waals surface area contributed by atoms with E-state index in [1.54, 1.807) is 0 Å². The van der Waals surface area contributed by atoms with Gasteiger partial charge in [0.15, 0.2) is 0 Å². The molecule has 2 radical (unpaired) electrons. The van der Waals surface area contributed by atoms with Crippen LogP contribution in [0, 0.1) is 16.7 Å². The van der Waals surface area contributed by atoms with Gasteiger partial charge in [-0.15, -0.1) is 0 Å². The predicted octanol–water partition coefficient (Wildman–Crippen LogP) is 3.71. The van der Waals surface area contributed by atoms with Crippen molar-refractivity contribution in [3.63, 3.8) is 0 Å². The average Bonchev–Trinajstić information content (AvgIpc) is 2.49. The number of nitrogens with one attached hydrogen (secondary N) is 1. The third-order valence-corrected chi connectivity index (χ3v) is 6.32. The highest BCUT2D eigenvalue weighted by molar-refractivity contribution is 6.14. The van der Waals surface area contributed by atoms with Crippen molar-refractivity contribution >= 4 is 13.9 Å². The van der Waals surface area contributed by atoms with Crippen LogP contribution < -0.4 is 11.1 Å². The highest BCUT2D eigenvalue weighted by atomic mass is 16.3. The van der Waals surface area contributed by atoms with E-state index >= 15 is 0 Å². The number of amides is 2. The molecule has 0 aromatic rings. The van der Waals surface area contributed by atoms with Gasteiger partial charge in [-0.1, -0.05) is 46.9 Å². The molecule has 1 rings (SSSR count). The maximum absolute atomic E-state index is 11.3. The second-order valence-electron chi connectivity index (χ2n) is 11.7. The molecule has 1 aliphatic rings. The van der Waals surface area contributed by atoms with E-state index in [9.17, 15) is 9.90 Å². The standard InChI is InChI=1S/C22H44BN3O2/c1-19(2,14-21(5,6)23)17(27)20(3,4)15-22(7,8)26-11-9-16(10-12-26)13-25-18(24)28/h16-17,27H,9-15H2,1-8H3,(H3,24,25,28). The Balaban J connectivity index is 2.72. The van der Waals surface area contributed by atoms with Gasteiger partial charge in [-0.3, -0.25) is 4.90 Å². The molecule has 0 saturated carbocycles. The second-order valence-corrected chi connectivity index (χ2v) is 11.7. The Kier molecular flexibility index (Phi) is 8.08. The Bertz CT molecular complexity index is 518. The molecule has 162 valence electrons. The van der Waals surface area contributed by atoms with Crippen LogP contribution in [0.25, 0.3) is 0 Å². The molecule has 1 saturated heterocycles. The molecule has 0 aliphatic carbocycles. The van der Waals surface area contributed by atoms with Crippen molar-refractivity contribution in [3.8, 4) is 0 Å². The minimum atomic E-state index is -0.445. The predicted molar refractivity (Wildman–Crippen MR) is 119 cm³/mol. The summed E-state index contributed by atoms with van der Waals surface area (Å²) in [5.41, 5.74) is 4.68. The van der Waals surface area contributed by atoms with Crippen LogP contribution in [0.5, 0.6) is 0 Å². The summed E-state index contributed by atoms with van der Waals surface area (Å²) in [6, 6.07) is -0.443. The molecule has 6 heteroatoms. The van der Waals surface area contributed by atoms with Gasteiger partial charge in [-0.2, -0.15) is 0 Å². The first-order chi connectivity index (χ1) is 12.5. The van der Waals surface area contributed by atoms with Crippen LogP contribution in [0.3, 0.4) is 0 Å². The van der Waals surface area contributed by atoms with Crippen LogP contribution in [0.2, 0.25) is 5.31 Å². The van der Waals surface area contributed by atoms with Gasteiger partial charge in [0.1, 0.15) is 0 Å². The van der Waals surface area contributed by atoms with Crippen LogP contribution in [-0.4, -0.2) is 55.2 Å². The zero-order valence-corrected chi connectivity index (χ0v) is 19.6. The van der Waals surface area contributed by atoms with E-state index in [0.717, 1.165) is 38.8 Å². The molecule has 5 nitrogen and oxygen atoms in total. The number of aliphatic hydroxyl groups is 1. The van der Waals surface area contributed by atoms with Crippen molar-refractivity contribution in [2.45, 2.75) is 98.0 Å². The molecular weight excluding hydrogens is 349 g/mol. The summed E-state index contributed by atoms with van der Waals surface area (Å²) in [4.78, 5) is 13.5. The number of urea groups is 1. The Morgan fingerprint density at radius 2 is 1.54 bits per heavy atom. The quantitative estimate of drug-likeness (QED) is 0.523. The van der Waals surface area contributed by atoms with Gasteiger partial charge in [-0.05, 0) is 69.4 Å². The largest absolute Gasteiger partial charge is 0.392 e. The van der Waals surface area contributed by atoms with Crippen LogP contribution >= 0.6 is 0 Å². The normalized spacial score (nSPS) is 19.5. The van der Waals surface area contributed by atoms with E-state index in [1.807, 2.05) is 13.8 Å². The monoisotopic (exact) mass is 393 g/mol. The molecule has 0 bridgehead atoms. The third kappa shape index (κ3) is 7.59. The zero-order valence-electron chi connectivity index (χ0n) is 19.6. The van der Waals surface area contributed by atoms with E-state index < -0.39 is 12.1 Å². The first-order valence-corrected chi connectivity index (χ1v) is 10.7. The number of carbonyl (C=O) groups is 1. The van der Waals surface area contributed by atoms with E-state index in [-0.39, 0.29) is 21.7 Å². The highest BCUT2D eigenvalue weighted by Gasteiger charge is 2.45. The first kappa shape index (κ1) is 25.3. The lowest BCUT2D eigenvalue weighted by Crippen LogP contribution is -2.54. The number of likely N-dealkylation sites (tertiary alicyclic amines) is 1. The SMILES string of the molecule is [B]C(C)(C)CC(C)(C)C(O)C(C)(C)CC(C)(C)N1CCC(CNC(N)=O)CC1. The van der Waals surface area contributed by atoms with Gasteiger partial charge >= 0.3 is 6.03 Å². The fourth-order valence-corrected chi connectivity index (χ4v) is 5.64. The lowest BCUT2D eigenvalue weighted by atomic mass is 9.58. The number of hydrogen-bond donors (Lipinski definition) is 3. The summed E-state index contributed by atoms with van der Waals surface area (Å²) in [5.74, 6) is 0.490. The molecule has 1 unspecified atom stereocenters. The average molecular weight is 393 g/mol. The summed E-state index contributed by atoms with van der Waals surface area (Å²) in [6.07, 6.45) is 3.33. The molecule has 1 fully saturated rings. The van der Waals surface area contributed by atoms with Crippen LogP contribution in [0.1, 0.15) is 81.1 Å². The summed E-state index contributed by atoms with van der Waals surface area (Å²) < 4.78 is 0. The number of nitrogens with two attached hydrogens (primary N) is 1. The lowest BCUT2D eigenvalue weighted by Gasteiger charge is -2.50. The Morgan fingerprint density at radius 3 is 1.96 bits per heavy atom. The van der Waals surface area contributed by atoms with Crippen molar-refractivity contribution in [2.75, 3.05) is 19.6 Å². The van der Waals surface area contributed by atoms with Gasteiger partial charge < -0.3 is 16.2 Å². The van der Waals surface area contributed by atoms with Gasteiger partial charge in [-0.25, -0.2) is 4.79 Å². The molecule has 1 aliphatic heterocycles. The van der Waals surface area contributed by atoms with E-state index in [2.05, 4.69) is 51.8 Å². The maximum Gasteiger partial charge on any atom is 0.312 e. The molecular formula is C22H44BN3O2. The number of rotatable bonds is 9. The van der Waals surface area contributed by atoms with Gasteiger partial charge in [0.25, 0.3) is 0 Å². The summed E-state index contributed by atoms with van der Waals surface area (Å²) in [7, 11) is 6.25. The van der Waals surface area contributed by atoms with Crippen LogP contribution in [0.15, 0.2) is 0 Å². The number of aliphatic hydroxyl groups excluding tert-OH is 1. The number of carbonyl (C=O) groups excluding carboxylic acids is 1. The number of primary amides is 1. The van der Waals surface area contributed by atoms with Crippen LogP contribution in [-0.2, 0) is 0 Å². The lowest BCUT2D eigenvalue weighted by molar-refractivity contribution is -0.0759. The Morgan fingerprint density at radius 1 is 1.07 bits per heavy atom. The molecule has 28 heavy (non-hydrogen) atoms. The summed E-state index contributed by atoms with van der Waals surface area (Å²) in [5, 5.41) is 13.7. The molecule has 2 amide bonds. The molecule has 1 atom stereocenters. The van der Waals surface area contributed by atoms with Gasteiger partial charge in [0, 0.05) is 12.1 Å². The summed E-state index contributed by atoms with van der Waals surface area (Å²) in [6.45, 7) is 19.9. The molecule has 1 heterocycles. The molecule has 4 N–H and O–H groups in total. The van der Waals surface area contributed by atoms with Gasteiger partial charge in [0.2, 0.25) is 0 Å². The molecule has 0 spiro atoms. The minimum absolute atomic E-state index is 0.0130. The zero-order chi connectivity index (χ0) is 22.0. The smallest absolute Gasteiger partial charge is 0.312 e. The van der Waals surface area contributed by atoms with Crippen molar-refractivity contribution in [3.05, 3.63) is 0 Å². The number of nitrogens with zero attached hydrogens (tertiary/aromatic N) is 1. The molecule has 0 aromatic carbocycles. The van der Waals surface area contributed by atoms with Crippen LogP contribution in [0.4, 0.5) is 4.79 Å². The van der Waals surface area contributed by atoms with Crippen molar-refractivity contribution in [1.29, 1.82) is 0 Å². The summed E-state index contributed by atoms with van der Waals surface area (Å²) >= 11 is 0. The minimum Gasteiger partial charge on any atom is -0.392 e. The fraction of sp³-hybridized carbons (Fsp3) is 0.955. The van der Waals surface area contributed by atoms with Crippen molar-refractivity contribution in [1.82, 2.24) is 10.2 Å².